The third-order valence-electron chi connectivity index (χ3n) is 4.48. The summed E-state index contributed by atoms with van der Waals surface area (Å²) < 4.78 is 0.998. The summed E-state index contributed by atoms with van der Waals surface area (Å²) in [5.41, 5.74) is 7.38. The van der Waals surface area contributed by atoms with Gasteiger partial charge in [0, 0.05) is 34.2 Å². The second-order valence-electron chi connectivity index (χ2n) is 5.79. The summed E-state index contributed by atoms with van der Waals surface area (Å²) >= 11 is 9.71. The van der Waals surface area contributed by atoms with Gasteiger partial charge < -0.3 is 5.73 Å². The van der Waals surface area contributed by atoms with E-state index >= 15 is 0 Å². The number of hydrogen-bond donors (Lipinski definition) is 1. The summed E-state index contributed by atoms with van der Waals surface area (Å²) in [5.74, 6) is 0. The predicted octanol–water partition coefficient (Wildman–Crippen LogP) is 4.76. The van der Waals surface area contributed by atoms with Crippen molar-refractivity contribution in [2.24, 2.45) is 5.73 Å². The van der Waals surface area contributed by atoms with Crippen molar-refractivity contribution in [3.63, 3.8) is 0 Å². The van der Waals surface area contributed by atoms with E-state index in [2.05, 4.69) is 34.7 Å². The average molecular weight is 360 g/mol. The SMILES string of the molecule is CCC1CCC(C)N1CCC(N)c1ccc(Br)cc1Cl. The zero-order valence-corrected chi connectivity index (χ0v) is 14.6. The normalized spacial score (nSPS) is 25.1. The van der Waals surface area contributed by atoms with Gasteiger partial charge in [-0.05, 0) is 50.3 Å². The first kappa shape index (κ1) is 16.3. The molecule has 3 atom stereocenters. The molecule has 2 N–H and O–H groups in total. The zero-order chi connectivity index (χ0) is 14.7. The Kier molecular flexibility index (Phi) is 5.91. The number of benzene rings is 1. The molecule has 0 aliphatic carbocycles. The van der Waals surface area contributed by atoms with Crippen LogP contribution in [0, 0.1) is 0 Å². The smallest absolute Gasteiger partial charge is 0.0464 e. The Bertz CT molecular complexity index is 452. The van der Waals surface area contributed by atoms with Crippen LogP contribution in [0.15, 0.2) is 22.7 Å². The van der Waals surface area contributed by atoms with Crippen LogP contribution in [0.25, 0.3) is 0 Å². The van der Waals surface area contributed by atoms with Gasteiger partial charge in [-0.25, -0.2) is 0 Å². The maximum absolute atomic E-state index is 6.33. The fourth-order valence-corrected chi connectivity index (χ4v) is 4.03. The highest BCUT2D eigenvalue weighted by atomic mass is 79.9. The van der Waals surface area contributed by atoms with E-state index < -0.39 is 0 Å². The molecule has 1 saturated heterocycles. The van der Waals surface area contributed by atoms with Crippen molar-refractivity contribution in [1.82, 2.24) is 4.90 Å². The number of hydrogen-bond acceptors (Lipinski definition) is 2. The second kappa shape index (κ2) is 7.26. The molecule has 3 unspecified atom stereocenters. The van der Waals surface area contributed by atoms with Gasteiger partial charge >= 0.3 is 0 Å². The van der Waals surface area contributed by atoms with E-state index in [0.717, 1.165) is 34.1 Å². The third kappa shape index (κ3) is 3.76. The molecule has 112 valence electrons. The van der Waals surface area contributed by atoms with Gasteiger partial charge in [0.1, 0.15) is 0 Å². The summed E-state index contributed by atoms with van der Waals surface area (Å²) in [6.45, 7) is 5.67. The molecular weight excluding hydrogens is 336 g/mol. The summed E-state index contributed by atoms with van der Waals surface area (Å²) in [6, 6.07) is 7.39. The highest BCUT2D eigenvalue weighted by Crippen LogP contribution is 2.30. The predicted molar refractivity (Wildman–Crippen MR) is 90.2 cm³/mol. The van der Waals surface area contributed by atoms with Crippen molar-refractivity contribution in [3.05, 3.63) is 33.3 Å². The Morgan fingerprint density at radius 3 is 2.85 bits per heavy atom. The Hall–Kier alpha value is -0.0900. The van der Waals surface area contributed by atoms with E-state index in [1.165, 1.54) is 19.3 Å². The Labute approximate surface area is 135 Å². The van der Waals surface area contributed by atoms with Crippen molar-refractivity contribution < 1.29 is 0 Å². The summed E-state index contributed by atoms with van der Waals surface area (Å²) in [5, 5.41) is 0.758. The van der Waals surface area contributed by atoms with Crippen LogP contribution < -0.4 is 5.73 Å². The van der Waals surface area contributed by atoms with Gasteiger partial charge in [-0.3, -0.25) is 4.90 Å². The molecule has 1 aliphatic rings. The fourth-order valence-electron chi connectivity index (χ4n) is 3.21. The van der Waals surface area contributed by atoms with Crippen molar-refractivity contribution >= 4 is 27.5 Å². The van der Waals surface area contributed by atoms with Crippen molar-refractivity contribution in [2.45, 2.75) is 57.7 Å². The maximum atomic E-state index is 6.33. The quantitative estimate of drug-likeness (QED) is 0.821. The molecule has 0 amide bonds. The van der Waals surface area contributed by atoms with Crippen LogP contribution in [0.5, 0.6) is 0 Å². The van der Waals surface area contributed by atoms with Crippen LogP contribution in [0.1, 0.15) is 51.1 Å². The maximum Gasteiger partial charge on any atom is 0.0464 e. The molecule has 1 aromatic carbocycles. The average Bonchev–Trinajstić information content (AvgIpc) is 2.76. The van der Waals surface area contributed by atoms with Crippen molar-refractivity contribution in [2.75, 3.05) is 6.54 Å². The molecule has 1 heterocycles. The van der Waals surface area contributed by atoms with Gasteiger partial charge in [0.15, 0.2) is 0 Å². The van der Waals surface area contributed by atoms with Gasteiger partial charge in [0.2, 0.25) is 0 Å². The number of likely N-dealkylation sites (tertiary alicyclic amines) is 1. The van der Waals surface area contributed by atoms with Gasteiger partial charge in [0.25, 0.3) is 0 Å². The highest BCUT2D eigenvalue weighted by Gasteiger charge is 2.29. The minimum absolute atomic E-state index is 0.0147. The molecule has 1 aliphatic heterocycles. The lowest BCUT2D eigenvalue weighted by Crippen LogP contribution is -2.36. The first-order chi connectivity index (χ1) is 9.52. The standard InChI is InChI=1S/C16H24BrClN2/c1-3-13-6-4-11(2)20(13)9-8-16(19)14-7-5-12(17)10-15(14)18/h5,7,10-11,13,16H,3-4,6,8-9,19H2,1-2H3. The molecule has 1 aromatic rings. The minimum atomic E-state index is 0.0147. The van der Waals surface area contributed by atoms with Crippen LogP contribution >= 0.6 is 27.5 Å². The van der Waals surface area contributed by atoms with Gasteiger partial charge in [-0.2, -0.15) is 0 Å². The number of nitrogens with zero attached hydrogens (tertiary/aromatic N) is 1. The summed E-state index contributed by atoms with van der Waals surface area (Å²) in [6.07, 6.45) is 4.83. The molecule has 4 heteroatoms. The van der Waals surface area contributed by atoms with E-state index in [0.29, 0.717) is 6.04 Å². The van der Waals surface area contributed by atoms with E-state index in [1.54, 1.807) is 0 Å². The van der Waals surface area contributed by atoms with E-state index in [-0.39, 0.29) is 6.04 Å². The Morgan fingerprint density at radius 1 is 1.45 bits per heavy atom. The van der Waals surface area contributed by atoms with Crippen LogP contribution in [-0.2, 0) is 0 Å². The molecule has 0 saturated carbocycles. The molecule has 0 bridgehead atoms. The van der Waals surface area contributed by atoms with Gasteiger partial charge in [-0.1, -0.05) is 40.5 Å². The van der Waals surface area contributed by atoms with E-state index in [9.17, 15) is 0 Å². The molecule has 2 nitrogen and oxygen atoms in total. The molecule has 20 heavy (non-hydrogen) atoms. The molecule has 2 rings (SSSR count). The lowest BCUT2D eigenvalue weighted by Gasteiger charge is -2.29. The molecule has 0 radical (unpaired) electrons. The molecule has 0 aromatic heterocycles. The highest BCUT2D eigenvalue weighted by molar-refractivity contribution is 9.10. The first-order valence-electron chi connectivity index (χ1n) is 7.49. The number of nitrogens with two attached hydrogens (primary N) is 1. The lowest BCUT2D eigenvalue weighted by molar-refractivity contribution is 0.191. The van der Waals surface area contributed by atoms with Crippen LogP contribution in [0.4, 0.5) is 0 Å². The second-order valence-corrected chi connectivity index (χ2v) is 7.11. The molecular formula is C16H24BrClN2. The fraction of sp³-hybridized carbons (Fsp3) is 0.625. The van der Waals surface area contributed by atoms with Crippen LogP contribution in [0.3, 0.4) is 0 Å². The first-order valence-corrected chi connectivity index (χ1v) is 8.66. The van der Waals surface area contributed by atoms with Gasteiger partial charge in [0.05, 0.1) is 0 Å². The summed E-state index contributed by atoms with van der Waals surface area (Å²) in [4.78, 5) is 2.62. The van der Waals surface area contributed by atoms with Crippen LogP contribution in [-0.4, -0.2) is 23.5 Å². The largest absolute Gasteiger partial charge is 0.324 e. The zero-order valence-electron chi connectivity index (χ0n) is 12.3. The third-order valence-corrected chi connectivity index (χ3v) is 5.30. The topological polar surface area (TPSA) is 29.3 Å². The van der Waals surface area contributed by atoms with Crippen molar-refractivity contribution in [1.29, 1.82) is 0 Å². The Balaban J connectivity index is 1.96. The van der Waals surface area contributed by atoms with Crippen LogP contribution in [0.2, 0.25) is 5.02 Å². The summed E-state index contributed by atoms with van der Waals surface area (Å²) in [7, 11) is 0. The van der Waals surface area contributed by atoms with Crippen molar-refractivity contribution in [3.8, 4) is 0 Å². The molecule has 0 spiro atoms. The molecule has 1 fully saturated rings. The monoisotopic (exact) mass is 358 g/mol. The number of halogens is 2. The van der Waals surface area contributed by atoms with E-state index in [4.69, 9.17) is 17.3 Å². The van der Waals surface area contributed by atoms with E-state index in [1.807, 2.05) is 18.2 Å². The minimum Gasteiger partial charge on any atom is -0.324 e. The van der Waals surface area contributed by atoms with Gasteiger partial charge in [-0.15, -0.1) is 0 Å². The lowest BCUT2D eigenvalue weighted by atomic mass is 10.0. The Morgan fingerprint density at radius 2 is 2.20 bits per heavy atom. The number of rotatable bonds is 5.